The highest BCUT2D eigenvalue weighted by molar-refractivity contribution is 6.22. The summed E-state index contributed by atoms with van der Waals surface area (Å²) in [6.07, 6.45) is 2.51. The van der Waals surface area contributed by atoms with Crippen molar-refractivity contribution >= 4 is 23.6 Å². The Kier molecular flexibility index (Phi) is 5.80. The zero-order valence-electron chi connectivity index (χ0n) is 18.6. The molecule has 3 aromatic rings. The molecule has 3 aromatic carbocycles. The molecule has 0 saturated carbocycles. The van der Waals surface area contributed by atoms with Gasteiger partial charge in [0.2, 0.25) is 0 Å². The quantitative estimate of drug-likeness (QED) is 0.476. The minimum Gasteiger partial charge on any atom is -0.274 e. The second-order valence-electron chi connectivity index (χ2n) is 8.65. The molecule has 2 aliphatic heterocycles. The summed E-state index contributed by atoms with van der Waals surface area (Å²) < 4.78 is 0. The predicted molar refractivity (Wildman–Crippen MR) is 127 cm³/mol. The second-order valence-corrected chi connectivity index (χ2v) is 8.65. The van der Waals surface area contributed by atoms with Crippen LogP contribution < -0.4 is 0 Å². The Balaban J connectivity index is 1.34. The molecule has 0 spiro atoms. The normalized spacial score (nSPS) is 15.6. The van der Waals surface area contributed by atoms with E-state index in [1.165, 1.54) is 15.4 Å². The molecule has 34 heavy (non-hydrogen) atoms. The summed E-state index contributed by atoms with van der Waals surface area (Å²) in [5, 5.41) is 0. The Morgan fingerprint density at radius 2 is 1.03 bits per heavy atom. The third kappa shape index (κ3) is 3.81. The van der Waals surface area contributed by atoms with E-state index in [0.717, 1.165) is 12.8 Å². The van der Waals surface area contributed by atoms with E-state index >= 15 is 0 Å². The molecule has 6 heteroatoms. The number of carbonyl (C=O) groups excluding carboxylic acids is 4. The van der Waals surface area contributed by atoms with Gasteiger partial charge in [-0.05, 0) is 55.5 Å². The Bertz CT molecular complexity index is 1210. The number of benzene rings is 3. The van der Waals surface area contributed by atoms with E-state index in [1.807, 2.05) is 18.2 Å². The zero-order chi connectivity index (χ0) is 23.7. The van der Waals surface area contributed by atoms with Crippen LogP contribution in [0.2, 0.25) is 0 Å². The number of imide groups is 2. The number of rotatable bonds is 8. The largest absolute Gasteiger partial charge is 0.274 e. The van der Waals surface area contributed by atoms with Crippen molar-refractivity contribution in [3.8, 4) is 0 Å². The van der Waals surface area contributed by atoms with Gasteiger partial charge < -0.3 is 0 Å². The highest BCUT2D eigenvalue weighted by atomic mass is 16.2. The number of carbonyl (C=O) groups is 4. The van der Waals surface area contributed by atoms with Crippen LogP contribution in [0.1, 0.15) is 66.3 Å². The molecule has 1 atom stereocenters. The van der Waals surface area contributed by atoms with Crippen LogP contribution in [0, 0.1) is 0 Å². The molecular weight excluding hydrogens is 428 g/mol. The van der Waals surface area contributed by atoms with Crippen LogP contribution in [0.4, 0.5) is 0 Å². The Labute approximate surface area is 197 Å². The molecular formula is C28H24N2O4. The van der Waals surface area contributed by atoms with E-state index in [-0.39, 0.29) is 30.2 Å². The van der Waals surface area contributed by atoms with Crippen molar-refractivity contribution in [2.24, 2.45) is 0 Å². The summed E-state index contributed by atoms with van der Waals surface area (Å²) in [6, 6.07) is 23.2. The highest BCUT2D eigenvalue weighted by Crippen LogP contribution is 2.29. The standard InChI is InChI=1S/C28H24N2O4/c31-25-21-13-4-5-14-22(21)26(32)29(25)18-17-20(12-8-11-19-9-2-1-3-10-19)30-27(33)23-15-6-7-16-24(23)28(30)34/h1-7,9-10,13-16,20H,8,11-12,17-18H2. The monoisotopic (exact) mass is 452 g/mol. The molecule has 0 fully saturated rings. The van der Waals surface area contributed by atoms with Crippen LogP contribution in [0.15, 0.2) is 78.9 Å². The third-order valence-corrected chi connectivity index (χ3v) is 6.60. The summed E-state index contributed by atoms with van der Waals surface area (Å²) in [7, 11) is 0. The molecule has 0 N–H and O–H groups in total. The summed E-state index contributed by atoms with van der Waals surface area (Å²) in [5.41, 5.74) is 2.79. The van der Waals surface area contributed by atoms with Gasteiger partial charge in [0.25, 0.3) is 23.6 Å². The van der Waals surface area contributed by atoms with E-state index in [1.54, 1.807) is 48.5 Å². The fraction of sp³-hybridized carbons (Fsp3) is 0.214. The number of hydrogen-bond acceptors (Lipinski definition) is 4. The van der Waals surface area contributed by atoms with Crippen LogP contribution >= 0.6 is 0 Å². The van der Waals surface area contributed by atoms with Crippen molar-refractivity contribution in [1.82, 2.24) is 9.80 Å². The summed E-state index contributed by atoms with van der Waals surface area (Å²) >= 11 is 0. The first-order valence-corrected chi connectivity index (χ1v) is 11.5. The summed E-state index contributed by atoms with van der Waals surface area (Å²) in [6.45, 7) is 0.149. The molecule has 0 bridgehead atoms. The lowest BCUT2D eigenvalue weighted by molar-refractivity contribution is 0.0545. The van der Waals surface area contributed by atoms with E-state index in [0.29, 0.717) is 35.1 Å². The summed E-state index contributed by atoms with van der Waals surface area (Å²) in [4.78, 5) is 54.5. The van der Waals surface area contributed by atoms with Crippen molar-refractivity contribution in [3.05, 3.63) is 107 Å². The zero-order valence-corrected chi connectivity index (χ0v) is 18.6. The molecule has 170 valence electrons. The lowest BCUT2D eigenvalue weighted by Crippen LogP contribution is -2.43. The van der Waals surface area contributed by atoms with Gasteiger partial charge in [-0.2, -0.15) is 0 Å². The van der Waals surface area contributed by atoms with Gasteiger partial charge >= 0.3 is 0 Å². The van der Waals surface area contributed by atoms with Gasteiger partial charge in [-0.1, -0.05) is 54.6 Å². The Morgan fingerprint density at radius 3 is 1.56 bits per heavy atom. The van der Waals surface area contributed by atoms with Crippen molar-refractivity contribution < 1.29 is 19.2 Å². The molecule has 4 amide bonds. The molecule has 5 rings (SSSR count). The first-order valence-electron chi connectivity index (χ1n) is 11.5. The smallest absolute Gasteiger partial charge is 0.261 e. The van der Waals surface area contributed by atoms with Crippen LogP contribution in [-0.2, 0) is 6.42 Å². The maximum absolute atomic E-state index is 13.1. The fourth-order valence-electron chi connectivity index (χ4n) is 4.85. The van der Waals surface area contributed by atoms with E-state index in [4.69, 9.17) is 0 Å². The number of nitrogens with zero attached hydrogens (tertiary/aromatic N) is 2. The summed E-state index contributed by atoms with van der Waals surface area (Å²) in [5.74, 6) is -1.28. The maximum Gasteiger partial charge on any atom is 0.261 e. The van der Waals surface area contributed by atoms with Gasteiger partial charge in [-0.3, -0.25) is 29.0 Å². The Hall–Kier alpha value is -4.06. The van der Waals surface area contributed by atoms with Crippen LogP contribution in [-0.4, -0.2) is 46.0 Å². The molecule has 2 aliphatic rings. The fourth-order valence-corrected chi connectivity index (χ4v) is 4.85. The molecule has 6 nitrogen and oxygen atoms in total. The third-order valence-electron chi connectivity index (χ3n) is 6.60. The molecule has 2 heterocycles. The van der Waals surface area contributed by atoms with Gasteiger partial charge in [0.05, 0.1) is 22.3 Å². The molecule has 1 unspecified atom stereocenters. The average molecular weight is 453 g/mol. The van der Waals surface area contributed by atoms with Crippen molar-refractivity contribution in [2.45, 2.75) is 31.7 Å². The molecule has 0 aromatic heterocycles. The predicted octanol–water partition coefficient (Wildman–Crippen LogP) is 4.36. The van der Waals surface area contributed by atoms with Crippen molar-refractivity contribution in [2.75, 3.05) is 6.54 Å². The van der Waals surface area contributed by atoms with Gasteiger partial charge in [0.1, 0.15) is 0 Å². The minimum atomic E-state index is -0.416. The molecule has 0 aliphatic carbocycles. The highest BCUT2D eigenvalue weighted by Gasteiger charge is 2.41. The topological polar surface area (TPSA) is 74.8 Å². The molecule has 0 saturated heterocycles. The van der Waals surface area contributed by atoms with Gasteiger partial charge in [-0.15, -0.1) is 0 Å². The van der Waals surface area contributed by atoms with E-state index < -0.39 is 6.04 Å². The van der Waals surface area contributed by atoms with E-state index in [2.05, 4.69) is 12.1 Å². The number of aryl methyl sites for hydroxylation is 1. The lowest BCUT2D eigenvalue weighted by atomic mass is 10.0. The maximum atomic E-state index is 13.1. The van der Waals surface area contributed by atoms with Gasteiger partial charge in [-0.25, -0.2) is 0 Å². The first-order chi connectivity index (χ1) is 16.6. The number of amides is 4. The second kappa shape index (κ2) is 9.06. The minimum absolute atomic E-state index is 0.149. The van der Waals surface area contributed by atoms with Crippen molar-refractivity contribution in [1.29, 1.82) is 0 Å². The first kappa shape index (κ1) is 21.8. The Morgan fingerprint density at radius 1 is 0.559 bits per heavy atom. The lowest BCUT2D eigenvalue weighted by Gasteiger charge is -2.28. The van der Waals surface area contributed by atoms with E-state index in [9.17, 15) is 19.2 Å². The van der Waals surface area contributed by atoms with Crippen molar-refractivity contribution in [3.63, 3.8) is 0 Å². The number of hydrogen-bond donors (Lipinski definition) is 0. The van der Waals surface area contributed by atoms with Crippen LogP contribution in [0.3, 0.4) is 0 Å². The van der Waals surface area contributed by atoms with Crippen LogP contribution in [0.25, 0.3) is 0 Å². The average Bonchev–Trinajstić information content (AvgIpc) is 3.27. The molecule has 0 radical (unpaired) electrons. The van der Waals surface area contributed by atoms with Crippen LogP contribution in [0.5, 0.6) is 0 Å². The number of fused-ring (bicyclic) bond motifs is 2. The van der Waals surface area contributed by atoms with Gasteiger partial charge in [0.15, 0.2) is 0 Å². The SMILES string of the molecule is O=C1c2ccccc2C(=O)N1CCC(CCCc1ccccc1)N1C(=O)c2ccccc2C1=O. The van der Waals surface area contributed by atoms with Gasteiger partial charge in [0, 0.05) is 12.6 Å².